The minimum atomic E-state index is -0.996. The van der Waals surface area contributed by atoms with Crippen LogP contribution >= 0.6 is 22.6 Å². The van der Waals surface area contributed by atoms with Crippen molar-refractivity contribution in [2.24, 2.45) is 10.9 Å². The number of carboxylic acid groups (broad SMARTS) is 1. The Kier molecular flexibility index (Phi) is 9.30. The van der Waals surface area contributed by atoms with Crippen molar-refractivity contribution in [2.45, 2.75) is 17.8 Å². The summed E-state index contributed by atoms with van der Waals surface area (Å²) in [6.45, 7) is 4.31. The maximum absolute atomic E-state index is 10.6. The van der Waals surface area contributed by atoms with Crippen molar-refractivity contribution < 1.29 is 14.7 Å². The maximum Gasteiger partial charge on any atom is 0.349 e. The molecule has 20 heavy (non-hydrogen) atoms. The van der Waals surface area contributed by atoms with Gasteiger partial charge in [-0.3, -0.25) is 5.43 Å². The quantitative estimate of drug-likeness (QED) is 0.157. The molecule has 0 radical (unpaired) electrons. The van der Waals surface area contributed by atoms with Crippen LogP contribution in [0.3, 0.4) is 0 Å². The Bertz CT molecular complexity index is 458. The lowest BCUT2D eigenvalue weighted by Gasteiger charge is -1.97. The number of nitrogens with zero attached hydrogens (tertiary/aromatic N) is 1. The van der Waals surface area contributed by atoms with E-state index in [2.05, 4.69) is 47.0 Å². The largest absolute Gasteiger partial charge is 0.478 e. The molecule has 0 spiro atoms. The molecule has 0 unspecified atom stereocenters. The molecule has 0 atom stereocenters. The van der Waals surface area contributed by atoms with Gasteiger partial charge >= 0.3 is 12.0 Å². The first-order chi connectivity index (χ1) is 9.36. The van der Waals surface area contributed by atoms with E-state index in [4.69, 9.17) is 10.9 Å². The fourth-order valence-electron chi connectivity index (χ4n) is 0.909. The van der Waals surface area contributed by atoms with Gasteiger partial charge in [0.25, 0.3) is 0 Å². The molecular weight excluding hydrogens is 375 g/mol. The summed E-state index contributed by atoms with van der Waals surface area (Å²) < 4.78 is 0.803. The van der Waals surface area contributed by atoms with Crippen molar-refractivity contribution in [2.75, 3.05) is 0 Å². The molecule has 0 aliphatic carbocycles. The summed E-state index contributed by atoms with van der Waals surface area (Å²) in [6.07, 6.45) is 1.36. The normalized spacial score (nSPS) is 9.85. The number of rotatable bonds is 3. The van der Waals surface area contributed by atoms with Crippen LogP contribution < -0.4 is 16.7 Å². The van der Waals surface area contributed by atoms with Crippen LogP contribution in [0.4, 0.5) is 4.79 Å². The highest BCUT2D eigenvalue weighted by Crippen LogP contribution is 2.01. The van der Waals surface area contributed by atoms with Gasteiger partial charge in [0.1, 0.15) is 0 Å². The molecule has 0 aliphatic rings. The van der Waals surface area contributed by atoms with Gasteiger partial charge < -0.3 is 5.11 Å². The van der Waals surface area contributed by atoms with Crippen LogP contribution in [0.5, 0.6) is 0 Å². The first-order valence-corrected chi connectivity index (χ1v) is 6.88. The smallest absolute Gasteiger partial charge is 0.349 e. The number of carboxylic acids is 1. The van der Waals surface area contributed by atoms with Crippen molar-refractivity contribution in [3.63, 3.8) is 0 Å². The van der Waals surface area contributed by atoms with E-state index in [1.807, 2.05) is 5.43 Å². The first-order valence-electron chi connectivity index (χ1n) is 5.64. The summed E-state index contributed by atoms with van der Waals surface area (Å²) in [4.78, 5) is 21.1. The minimum absolute atomic E-state index is 0.185. The molecule has 2 amide bonds. The number of hydrogen-bond acceptors (Lipinski definition) is 4. The predicted molar refractivity (Wildman–Crippen MR) is 86.0 cm³/mol. The van der Waals surface area contributed by atoms with Crippen molar-refractivity contribution in [1.29, 1.82) is 0 Å². The summed E-state index contributed by atoms with van der Waals surface area (Å²) >= 11 is 2.34. The van der Waals surface area contributed by atoms with Crippen LogP contribution in [0.15, 0.2) is 29.4 Å². The first kappa shape index (κ1) is 18.3. The topological polar surface area (TPSA) is 117 Å². The highest BCUT2D eigenvalue weighted by atomic mass is 127. The van der Waals surface area contributed by atoms with Crippen LogP contribution in [-0.2, 0) is 0 Å². The standard InChI is InChI=1S/C9H10N4O3.C3H7I/c10-12-9(16)13-11-5-6-1-3-7(4-2-6)8(14)15;1-3(2)4/h1-5H,10H2,(H,14,15)(H2,12,13,16);3H,1-2H3/b11-5+;. The number of hydrazone groups is 1. The number of hydrogen-bond donors (Lipinski definition) is 4. The Morgan fingerprint density at radius 1 is 1.35 bits per heavy atom. The second-order valence-electron chi connectivity index (χ2n) is 3.78. The summed E-state index contributed by atoms with van der Waals surface area (Å²) in [5.74, 6) is 3.81. The second kappa shape index (κ2) is 10.1. The van der Waals surface area contributed by atoms with Crippen LogP contribution in [0, 0.1) is 0 Å². The van der Waals surface area contributed by atoms with Gasteiger partial charge in [-0.05, 0) is 17.7 Å². The fourth-order valence-corrected chi connectivity index (χ4v) is 0.909. The van der Waals surface area contributed by atoms with Crippen molar-refractivity contribution in [3.8, 4) is 0 Å². The number of nitrogens with one attached hydrogen (secondary N) is 2. The number of carbonyl (C=O) groups is 2. The van der Waals surface area contributed by atoms with E-state index in [-0.39, 0.29) is 5.56 Å². The number of carbonyl (C=O) groups excluding carboxylic acids is 1. The third kappa shape index (κ3) is 9.28. The predicted octanol–water partition coefficient (Wildman–Crippen LogP) is 1.72. The van der Waals surface area contributed by atoms with Crippen molar-refractivity contribution in [3.05, 3.63) is 35.4 Å². The highest BCUT2D eigenvalue weighted by molar-refractivity contribution is 14.1. The Balaban J connectivity index is 0.000000796. The van der Waals surface area contributed by atoms with E-state index in [1.54, 1.807) is 12.1 Å². The summed E-state index contributed by atoms with van der Waals surface area (Å²) in [6, 6.07) is 5.36. The summed E-state index contributed by atoms with van der Waals surface area (Å²) in [5.41, 5.74) is 4.77. The average Bonchev–Trinajstić information content (AvgIpc) is 2.38. The molecular formula is C12H17IN4O3. The molecule has 7 nitrogen and oxygen atoms in total. The third-order valence-corrected chi connectivity index (χ3v) is 1.67. The molecule has 0 bridgehead atoms. The monoisotopic (exact) mass is 392 g/mol. The number of hydrazine groups is 1. The van der Waals surface area contributed by atoms with E-state index in [9.17, 15) is 9.59 Å². The number of aromatic carboxylic acids is 1. The number of nitrogens with two attached hydrogens (primary N) is 1. The van der Waals surface area contributed by atoms with E-state index in [1.165, 1.54) is 18.3 Å². The number of alkyl halides is 1. The Morgan fingerprint density at radius 2 is 1.85 bits per heavy atom. The molecule has 0 saturated carbocycles. The number of halogens is 1. The Morgan fingerprint density at radius 3 is 2.25 bits per heavy atom. The van der Waals surface area contributed by atoms with Gasteiger partial charge in [-0.25, -0.2) is 20.9 Å². The average molecular weight is 392 g/mol. The number of amides is 2. The second-order valence-corrected chi connectivity index (χ2v) is 6.28. The number of urea groups is 1. The molecule has 0 aliphatic heterocycles. The lowest BCUT2D eigenvalue weighted by Crippen LogP contribution is -2.37. The van der Waals surface area contributed by atoms with Gasteiger partial charge in [0, 0.05) is 3.92 Å². The molecule has 1 aromatic rings. The molecule has 110 valence electrons. The van der Waals surface area contributed by atoms with E-state index in [0.717, 1.165) is 3.92 Å². The Hall–Kier alpha value is -1.68. The Labute approximate surface area is 130 Å². The maximum atomic E-state index is 10.6. The molecule has 1 rings (SSSR count). The van der Waals surface area contributed by atoms with Crippen molar-refractivity contribution >= 4 is 40.8 Å². The molecule has 0 heterocycles. The van der Waals surface area contributed by atoms with Crippen LogP contribution in [0.1, 0.15) is 29.8 Å². The van der Waals surface area contributed by atoms with Gasteiger partial charge in [-0.15, -0.1) is 0 Å². The van der Waals surface area contributed by atoms with E-state index >= 15 is 0 Å². The molecule has 8 heteroatoms. The van der Waals surface area contributed by atoms with Gasteiger partial charge in [0.2, 0.25) is 0 Å². The minimum Gasteiger partial charge on any atom is -0.478 e. The lowest BCUT2D eigenvalue weighted by atomic mass is 10.1. The summed E-state index contributed by atoms with van der Waals surface area (Å²) in [5, 5.41) is 12.2. The number of benzene rings is 1. The van der Waals surface area contributed by atoms with E-state index < -0.39 is 12.0 Å². The molecule has 0 aromatic heterocycles. The zero-order valence-electron chi connectivity index (χ0n) is 11.1. The van der Waals surface area contributed by atoms with Gasteiger partial charge in [-0.2, -0.15) is 5.10 Å². The zero-order chi connectivity index (χ0) is 15.5. The summed E-state index contributed by atoms with van der Waals surface area (Å²) in [7, 11) is 0. The molecule has 5 N–H and O–H groups in total. The van der Waals surface area contributed by atoms with Gasteiger partial charge in [0.15, 0.2) is 0 Å². The fraction of sp³-hybridized carbons (Fsp3) is 0.250. The molecule has 0 fully saturated rings. The van der Waals surface area contributed by atoms with Gasteiger partial charge in [0.05, 0.1) is 11.8 Å². The van der Waals surface area contributed by atoms with Crippen LogP contribution in [0.25, 0.3) is 0 Å². The molecule has 1 aromatic carbocycles. The lowest BCUT2D eigenvalue weighted by molar-refractivity contribution is 0.0697. The highest BCUT2D eigenvalue weighted by Gasteiger charge is 2.00. The van der Waals surface area contributed by atoms with Crippen LogP contribution in [-0.4, -0.2) is 27.2 Å². The zero-order valence-corrected chi connectivity index (χ0v) is 13.3. The SMILES string of the molecule is CC(C)I.NNC(=O)N/N=C/c1ccc(C(=O)O)cc1. The van der Waals surface area contributed by atoms with Crippen LogP contribution in [0.2, 0.25) is 0 Å². The third-order valence-electron chi connectivity index (χ3n) is 1.67. The van der Waals surface area contributed by atoms with Gasteiger partial charge in [-0.1, -0.05) is 48.6 Å². The molecule has 0 saturated heterocycles. The van der Waals surface area contributed by atoms with E-state index in [0.29, 0.717) is 5.56 Å². The van der Waals surface area contributed by atoms with Crippen molar-refractivity contribution in [1.82, 2.24) is 10.9 Å².